The van der Waals surface area contributed by atoms with Gasteiger partial charge in [-0.2, -0.15) is 0 Å². The first-order chi connectivity index (χ1) is 31.0. The molecular formula is C62H45N. The molecule has 0 aromatic heterocycles. The highest BCUT2D eigenvalue weighted by Crippen LogP contribution is 2.63. The van der Waals surface area contributed by atoms with Crippen LogP contribution in [0.1, 0.15) is 60.1 Å². The monoisotopic (exact) mass is 803 g/mol. The van der Waals surface area contributed by atoms with E-state index in [2.05, 4.69) is 231 Å². The van der Waals surface area contributed by atoms with E-state index in [1.54, 1.807) is 5.57 Å². The lowest BCUT2D eigenvalue weighted by atomic mass is 9.70. The third kappa shape index (κ3) is 5.05. The molecule has 4 aliphatic carbocycles. The summed E-state index contributed by atoms with van der Waals surface area (Å²) in [5, 5.41) is 2.48. The van der Waals surface area contributed by atoms with E-state index in [9.17, 15) is 0 Å². The second-order valence-electron chi connectivity index (χ2n) is 18.3. The molecule has 9 aromatic rings. The predicted octanol–water partition coefficient (Wildman–Crippen LogP) is 16.4. The smallest absolute Gasteiger partial charge is 0.0725 e. The van der Waals surface area contributed by atoms with Crippen LogP contribution in [0.25, 0.3) is 60.9 Å². The highest BCUT2D eigenvalue weighted by Gasteiger charge is 2.51. The quantitative estimate of drug-likeness (QED) is 0.168. The molecule has 0 atom stereocenters. The molecular weight excluding hydrogens is 759 g/mol. The Morgan fingerprint density at radius 3 is 1.75 bits per heavy atom. The molecule has 0 unspecified atom stereocenters. The van der Waals surface area contributed by atoms with Gasteiger partial charge in [0.2, 0.25) is 0 Å². The van der Waals surface area contributed by atoms with Gasteiger partial charge in [-0.25, -0.2) is 0 Å². The average Bonchev–Trinajstić information content (AvgIpc) is 3.90. The molecule has 13 rings (SSSR count). The molecule has 1 nitrogen and oxygen atoms in total. The molecule has 0 saturated heterocycles. The standard InChI is InChI=1S/C62H45N/c1-61(2)53-24-12-8-23-50(53)52-39-45(34-36-54(52)61)63(59-37-31-41-16-6-7-19-46(41)60(59)42-17-4-3-5-18-42)44-32-28-40(29-33-44)43-30-35-51-49-22-11-15-27-57(49)62(58(51)38-43)55-25-13-9-20-47(55)48-21-10-14-26-56(48)62/h3-11,13-23,25-39H,12,24H2,1-2H3. The summed E-state index contributed by atoms with van der Waals surface area (Å²) in [4.78, 5) is 2.50. The minimum atomic E-state index is -0.374. The first kappa shape index (κ1) is 36.2. The molecule has 9 aromatic carbocycles. The van der Waals surface area contributed by atoms with Gasteiger partial charge in [-0.05, 0) is 138 Å². The largest absolute Gasteiger partial charge is 0.310 e. The van der Waals surface area contributed by atoms with Crippen LogP contribution >= 0.6 is 0 Å². The molecule has 63 heavy (non-hydrogen) atoms. The Balaban J connectivity index is 0.992. The topological polar surface area (TPSA) is 3.24 Å². The highest BCUT2D eigenvalue weighted by atomic mass is 15.1. The first-order valence-corrected chi connectivity index (χ1v) is 22.5. The summed E-state index contributed by atoms with van der Waals surface area (Å²) in [6.45, 7) is 4.81. The molecule has 0 radical (unpaired) electrons. The SMILES string of the molecule is CC1(C)C2=C(C=CCC2)c2cc(N(c3ccc(-c4ccc5c(c4)C4(c6ccccc6-c6ccccc64)c4ccccc4-5)cc3)c3ccc4ccccc4c3-c3ccccc3)ccc21. The van der Waals surface area contributed by atoms with Crippen LogP contribution in [-0.4, -0.2) is 0 Å². The predicted molar refractivity (Wildman–Crippen MR) is 264 cm³/mol. The van der Waals surface area contributed by atoms with Crippen LogP contribution in [0.15, 0.2) is 218 Å². The van der Waals surface area contributed by atoms with Crippen molar-refractivity contribution in [2.75, 3.05) is 4.90 Å². The second-order valence-corrected chi connectivity index (χ2v) is 18.3. The zero-order chi connectivity index (χ0) is 41.9. The van der Waals surface area contributed by atoms with Gasteiger partial charge in [0, 0.05) is 22.4 Å². The van der Waals surface area contributed by atoms with Crippen LogP contribution in [0.2, 0.25) is 0 Å². The molecule has 298 valence electrons. The van der Waals surface area contributed by atoms with E-state index < -0.39 is 0 Å². The summed E-state index contributed by atoms with van der Waals surface area (Å²) in [5.41, 5.74) is 24.5. The summed E-state index contributed by atoms with van der Waals surface area (Å²) in [6, 6.07) is 75.3. The van der Waals surface area contributed by atoms with Crippen molar-refractivity contribution in [3.8, 4) is 44.5 Å². The van der Waals surface area contributed by atoms with Crippen molar-refractivity contribution in [1.29, 1.82) is 0 Å². The van der Waals surface area contributed by atoms with Crippen molar-refractivity contribution >= 4 is 33.4 Å². The van der Waals surface area contributed by atoms with E-state index in [0.717, 1.165) is 29.9 Å². The van der Waals surface area contributed by atoms with Crippen molar-refractivity contribution in [1.82, 2.24) is 0 Å². The fourth-order valence-electron chi connectivity index (χ4n) is 12.0. The van der Waals surface area contributed by atoms with Crippen molar-refractivity contribution in [2.24, 2.45) is 0 Å². The zero-order valence-electron chi connectivity index (χ0n) is 35.6. The van der Waals surface area contributed by atoms with Gasteiger partial charge in [-0.15, -0.1) is 0 Å². The lowest BCUT2D eigenvalue weighted by Gasteiger charge is -2.31. The number of hydrogen-bond acceptors (Lipinski definition) is 1. The van der Waals surface area contributed by atoms with E-state index in [4.69, 9.17) is 0 Å². The molecule has 0 saturated carbocycles. The lowest BCUT2D eigenvalue weighted by Crippen LogP contribution is -2.25. The highest BCUT2D eigenvalue weighted by molar-refractivity contribution is 6.06. The Labute approximate surface area is 370 Å². The van der Waals surface area contributed by atoms with Crippen LogP contribution in [0.3, 0.4) is 0 Å². The van der Waals surface area contributed by atoms with Crippen LogP contribution in [0, 0.1) is 0 Å². The summed E-state index contributed by atoms with van der Waals surface area (Å²) < 4.78 is 0. The van der Waals surface area contributed by atoms with Crippen molar-refractivity contribution in [3.63, 3.8) is 0 Å². The van der Waals surface area contributed by atoms with E-state index in [0.29, 0.717) is 0 Å². The van der Waals surface area contributed by atoms with Crippen molar-refractivity contribution < 1.29 is 0 Å². The van der Waals surface area contributed by atoms with Gasteiger partial charge in [0.15, 0.2) is 0 Å². The van der Waals surface area contributed by atoms with E-state index in [1.165, 1.54) is 94.2 Å². The van der Waals surface area contributed by atoms with Crippen LogP contribution in [0.5, 0.6) is 0 Å². The second kappa shape index (κ2) is 13.5. The van der Waals surface area contributed by atoms with Crippen molar-refractivity contribution in [2.45, 2.75) is 37.5 Å². The number of rotatable bonds is 5. The molecule has 0 heterocycles. The lowest BCUT2D eigenvalue weighted by molar-refractivity contribution is 0.607. The molecule has 0 bridgehead atoms. The minimum absolute atomic E-state index is 0.0110. The molecule has 1 heteroatoms. The van der Waals surface area contributed by atoms with E-state index >= 15 is 0 Å². The minimum Gasteiger partial charge on any atom is -0.310 e. The zero-order valence-corrected chi connectivity index (χ0v) is 35.6. The molecule has 0 amide bonds. The molecule has 0 aliphatic heterocycles. The summed E-state index contributed by atoms with van der Waals surface area (Å²) in [6.07, 6.45) is 6.96. The Bertz CT molecular complexity index is 3350. The van der Waals surface area contributed by atoms with Gasteiger partial charge >= 0.3 is 0 Å². The number of anilines is 3. The number of fused-ring (bicyclic) bond motifs is 13. The summed E-state index contributed by atoms with van der Waals surface area (Å²) in [7, 11) is 0. The summed E-state index contributed by atoms with van der Waals surface area (Å²) in [5.74, 6) is 0. The van der Waals surface area contributed by atoms with Gasteiger partial charge in [-0.1, -0.05) is 195 Å². The third-order valence-corrected chi connectivity index (χ3v) is 14.8. The number of allylic oxidation sites excluding steroid dienone is 4. The van der Waals surface area contributed by atoms with Gasteiger partial charge in [-0.3, -0.25) is 0 Å². The average molecular weight is 804 g/mol. The van der Waals surface area contributed by atoms with Gasteiger partial charge in [0.05, 0.1) is 11.1 Å². The van der Waals surface area contributed by atoms with Crippen LogP contribution in [-0.2, 0) is 10.8 Å². The van der Waals surface area contributed by atoms with Crippen molar-refractivity contribution in [3.05, 3.63) is 251 Å². The Hall–Kier alpha value is -7.48. The third-order valence-electron chi connectivity index (χ3n) is 14.8. The van der Waals surface area contributed by atoms with Crippen LogP contribution in [0.4, 0.5) is 17.1 Å². The fourth-order valence-corrected chi connectivity index (χ4v) is 12.0. The van der Waals surface area contributed by atoms with Gasteiger partial charge in [0.25, 0.3) is 0 Å². The normalized spacial score (nSPS) is 15.5. The number of hydrogen-bond donors (Lipinski definition) is 0. The fraction of sp³-hybridized carbons (Fsp3) is 0.0968. The van der Waals surface area contributed by atoms with Crippen LogP contribution < -0.4 is 4.90 Å². The first-order valence-electron chi connectivity index (χ1n) is 22.5. The Morgan fingerprint density at radius 1 is 0.429 bits per heavy atom. The maximum Gasteiger partial charge on any atom is 0.0725 e. The molecule has 0 fully saturated rings. The van der Waals surface area contributed by atoms with E-state index in [1.807, 2.05) is 0 Å². The maximum absolute atomic E-state index is 2.50. The van der Waals surface area contributed by atoms with E-state index in [-0.39, 0.29) is 10.8 Å². The molecule has 4 aliphatic rings. The number of benzene rings is 9. The van der Waals surface area contributed by atoms with Gasteiger partial charge in [0.1, 0.15) is 0 Å². The maximum atomic E-state index is 2.50. The number of nitrogens with zero attached hydrogens (tertiary/aromatic N) is 1. The van der Waals surface area contributed by atoms with Gasteiger partial charge < -0.3 is 4.90 Å². The Morgan fingerprint density at radius 2 is 1.03 bits per heavy atom. The molecule has 1 spiro atoms. The summed E-state index contributed by atoms with van der Waals surface area (Å²) >= 11 is 0. The molecule has 0 N–H and O–H groups in total. The Kier molecular flexibility index (Phi) is 7.76.